The van der Waals surface area contributed by atoms with Crippen LogP contribution in [0.4, 0.5) is 0 Å². The van der Waals surface area contributed by atoms with Gasteiger partial charge in [0, 0.05) is 0 Å². The second-order valence-corrected chi connectivity index (χ2v) is 7.89. The fraction of sp³-hybridized carbons (Fsp3) is 0.944. The molecule has 23 heavy (non-hydrogen) atoms. The molecule has 0 aliphatic carbocycles. The Balaban J connectivity index is -0.000000382. The topological polar surface area (TPSA) is 63.2 Å². The van der Waals surface area contributed by atoms with Crippen LogP contribution in [-0.2, 0) is 21.1 Å². The third-order valence-corrected chi connectivity index (χ3v) is 4.69. The summed E-state index contributed by atoms with van der Waals surface area (Å²) in [5.41, 5.74) is 0. The molecule has 0 rings (SSSR count). The van der Waals surface area contributed by atoms with Crippen LogP contribution in [0.1, 0.15) is 97.8 Å². The van der Waals surface area contributed by atoms with Crippen molar-refractivity contribution in [2.75, 3.05) is 6.16 Å². The fourth-order valence-corrected chi connectivity index (χ4v) is 2.75. The van der Waals surface area contributed by atoms with Gasteiger partial charge >= 0.3 is 16.5 Å². The minimum absolute atomic E-state index is 0. The molecule has 0 bridgehead atoms. The van der Waals surface area contributed by atoms with Gasteiger partial charge in [0.25, 0.3) is 0 Å². The van der Waals surface area contributed by atoms with Gasteiger partial charge in [-0.2, -0.15) is 5.92 Å². The zero-order valence-corrected chi connectivity index (χ0v) is 17.3. The predicted molar refractivity (Wildman–Crippen MR) is 93.7 cm³/mol. The normalized spacial score (nSPS) is 12.1. The van der Waals surface area contributed by atoms with E-state index in [1.54, 1.807) is 0 Å². The van der Waals surface area contributed by atoms with Gasteiger partial charge in [-0.1, -0.05) is 99.0 Å². The van der Waals surface area contributed by atoms with E-state index >= 15 is 0 Å². The number of hydrogen-bond donors (Lipinski definition) is 0. The van der Waals surface area contributed by atoms with Gasteiger partial charge in [-0.15, -0.1) is 0 Å². The average Bonchev–Trinajstić information content (AvgIpc) is 2.47. The third-order valence-electron chi connectivity index (χ3n) is 3.83. The fourth-order valence-electron chi connectivity index (χ4n) is 2.14. The number of hydrogen-bond acceptors (Lipinski definition) is 3. The van der Waals surface area contributed by atoms with Gasteiger partial charge < -0.3 is 21.3 Å². The molecule has 0 aromatic carbocycles. The summed E-state index contributed by atoms with van der Waals surface area (Å²) in [4.78, 5) is 20.6. The van der Waals surface area contributed by atoms with Crippen molar-refractivity contribution in [1.29, 1.82) is 0 Å². The summed E-state index contributed by atoms with van der Waals surface area (Å²) >= 11 is 0. The monoisotopic (exact) mass is 391 g/mol. The molecule has 0 saturated heterocycles. The molecule has 0 N–H and O–H groups in total. The third kappa shape index (κ3) is 31.0. The number of unbranched alkanes of at least 4 members (excludes halogenated alkanes) is 8. The largest absolute Gasteiger partial charge is 3.00 e. The molecule has 0 aromatic heterocycles. The van der Waals surface area contributed by atoms with E-state index < -0.39 is 7.60 Å². The van der Waals surface area contributed by atoms with Gasteiger partial charge in [-0.05, 0) is 12.6 Å². The zero-order chi connectivity index (χ0) is 17.3. The van der Waals surface area contributed by atoms with Crippen LogP contribution in [0.3, 0.4) is 0 Å². The van der Waals surface area contributed by atoms with Crippen molar-refractivity contribution in [3.8, 4) is 0 Å². The Morgan fingerprint density at radius 1 is 0.826 bits per heavy atom. The second-order valence-electron chi connectivity index (χ2n) is 6.23. The van der Waals surface area contributed by atoms with E-state index in [2.05, 4.69) is 27.7 Å². The summed E-state index contributed by atoms with van der Waals surface area (Å²) in [6.45, 7) is 10.6. The molecular weight excluding hydrogens is 354 g/mol. The maximum atomic E-state index is 10.3. The van der Waals surface area contributed by atoms with Crippen LogP contribution in [0, 0.1) is 12.8 Å². The molecule has 1 atom stereocenters. The van der Waals surface area contributed by atoms with Crippen LogP contribution in [0.25, 0.3) is 0 Å². The first kappa shape index (κ1) is 28.4. The van der Waals surface area contributed by atoms with Crippen molar-refractivity contribution in [3.05, 3.63) is 6.92 Å². The van der Waals surface area contributed by atoms with Crippen LogP contribution in [0.15, 0.2) is 0 Å². The van der Waals surface area contributed by atoms with E-state index in [0.717, 1.165) is 12.8 Å². The van der Waals surface area contributed by atoms with Crippen LogP contribution >= 0.6 is 7.60 Å². The Kier molecular flexibility index (Phi) is 25.6. The Morgan fingerprint density at radius 2 is 1.26 bits per heavy atom. The van der Waals surface area contributed by atoms with Gasteiger partial charge in [-0.25, -0.2) is 0 Å². The summed E-state index contributed by atoms with van der Waals surface area (Å²) in [5, 5.41) is 0. The van der Waals surface area contributed by atoms with Crippen molar-refractivity contribution >= 4 is 7.60 Å². The van der Waals surface area contributed by atoms with Crippen molar-refractivity contribution in [1.82, 2.24) is 0 Å². The molecule has 0 amide bonds. The first-order valence-corrected chi connectivity index (χ1v) is 10.9. The van der Waals surface area contributed by atoms with E-state index in [9.17, 15) is 14.4 Å². The predicted octanol–water partition coefficient (Wildman–Crippen LogP) is 5.08. The Labute approximate surface area is 155 Å². The van der Waals surface area contributed by atoms with Crippen LogP contribution in [0.2, 0.25) is 0 Å². The minimum atomic E-state index is -4.23. The molecule has 5 heteroatoms. The minimum Gasteiger partial charge on any atom is -0.811 e. The van der Waals surface area contributed by atoms with Gasteiger partial charge in [-0.3, -0.25) is 0 Å². The molecule has 0 aliphatic rings. The maximum absolute atomic E-state index is 10.3. The molecular formula is C18H38NiO3P. The molecule has 0 saturated carbocycles. The van der Waals surface area contributed by atoms with E-state index in [-0.39, 0.29) is 22.7 Å². The standard InChI is InChI=1S/C10H23O3P.C8H17.Ni/c1-2-3-4-5-6-7-8-9-10-14(11,12)13;1-4-6-7-8(3)5-2;/h2-10H2,1H3,(H2,11,12,13);8H,3-7H2,1-2H3;/q;-1;+3/p-2. The van der Waals surface area contributed by atoms with E-state index in [1.165, 1.54) is 57.8 Å². The first-order valence-electron chi connectivity index (χ1n) is 9.21. The molecule has 0 spiro atoms. The Hall–Kier alpha value is 0.644. The van der Waals surface area contributed by atoms with Gasteiger partial charge in [0.15, 0.2) is 0 Å². The molecule has 143 valence electrons. The van der Waals surface area contributed by atoms with Crippen LogP contribution in [0.5, 0.6) is 0 Å². The maximum Gasteiger partial charge on any atom is 3.00 e. The average molecular weight is 392 g/mol. The molecule has 0 fully saturated rings. The quantitative estimate of drug-likeness (QED) is 0.190. The van der Waals surface area contributed by atoms with Gasteiger partial charge in [0.2, 0.25) is 0 Å². The van der Waals surface area contributed by atoms with Gasteiger partial charge in [0.1, 0.15) is 0 Å². The van der Waals surface area contributed by atoms with Gasteiger partial charge in [0.05, 0.1) is 0 Å². The van der Waals surface area contributed by atoms with Crippen molar-refractivity contribution in [2.45, 2.75) is 97.8 Å². The summed E-state index contributed by atoms with van der Waals surface area (Å²) in [6, 6.07) is 0. The van der Waals surface area contributed by atoms with Crippen molar-refractivity contribution in [2.24, 2.45) is 5.92 Å². The Bertz CT molecular complexity index is 257. The molecule has 0 heterocycles. The van der Waals surface area contributed by atoms with Crippen molar-refractivity contribution < 1.29 is 30.8 Å². The summed E-state index contributed by atoms with van der Waals surface area (Å²) in [5.74, 6) is 0.704. The zero-order valence-electron chi connectivity index (χ0n) is 15.5. The van der Waals surface area contributed by atoms with E-state index in [1.807, 2.05) is 0 Å². The summed E-state index contributed by atoms with van der Waals surface area (Å²) in [6.07, 6.45) is 13.7. The SMILES string of the molecule is CCCCCCCCCCP(=O)([O-])[O-].[CH2-]C(CC)CCCC.[Ni+3]. The smallest absolute Gasteiger partial charge is 0.811 e. The number of rotatable bonds is 13. The van der Waals surface area contributed by atoms with E-state index in [4.69, 9.17) is 0 Å². The Morgan fingerprint density at radius 3 is 1.65 bits per heavy atom. The van der Waals surface area contributed by atoms with Crippen LogP contribution < -0.4 is 9.79 Å². The van der Waals surface area contributed by atoms with E-state index in [0.29, 0.717) is 12.3 Å². The second kappa shape index (κ2) is 20.7. The molecule has 0 aliphatic heterocycles. The summed E-state index contributed by atoms with van der Waals surface area (Å²) < 4.78 is 10.3. The van der Waals surface area contributed by atoms with Crippen LogP contribution in [-0.4, -0.2) is 6.16 Å². The molecule has 3 nitrogen and oxygen atoms in total. The van der Waals surface area contributed by atoms with Crippen molar-refractivity contribution in [3.63, 3.8) is 0 Å². The summed E-state index contributed by atoms with van der Waals surface area (Å²) in [7, 11) is -4.23. The molecule has 1 unspecified atom stereocenters. The molecule has 1 radical (unpaired) electrons. The molecule has 0 aromatic rings. The first-order chi connectivity index (χ1) is 10.4.